The Labute approximate surface area is 209 Å². The van der Waals surface area contributed by atoms with E-state index in [1.807, 2.05) is 0 Å². The molecule has 0 aliphatic heterocycles. The summed E-state index contributed by atoms with van der Waals surface area (Å²) in [5.74, 6) is -0.0387. The van der Waals surface area contributed by atoms with E-state index in [1.165, 1.54) is 23.6 Å². The Bertz CT molecular complexity index is 1310. The molecule has 0 bridgehead atoms. The average molecular weight is 500 g/mol. The van der Waals surface area contributed by atoms with Crippen LogP contribution in [0.5, 0.6) is 0 Å². The molecule has 3 aromatic rings. The molecule has 0 saturated heterocycles. The molecular weight excluding hydrogens is 467 g/mol. The summed E-state index contributed by atoms with van der Waals surface area (Å²) in [6, 6.07) is 9.64. The van der Waals surface area contributed by atoms with E-state index >= 15 is 0 Å². The number of aromatic nitrogens is 1. The lowest BCUT2D eigenvalue weighted by Crippen LogP contribution is -2.34. The van der Waals surface area contributed by atoms with E-state index in [9.17, 15) is 18.0 Å². The summed E-state index contributed by atoms with van der Waals surface area (Å²) in [5.41, 5.74) is 9.41. The molecule has 2 heterocycles. The van der Waals surface area contributed by atoms with Gasteiger partial charge in [0.1, 0.15) is 11.6 Å². The van der Waals surface area contributed by atoms with E-state index in [0.29, 0.717) is 12.2 Å². The van der Waals surface area contributed by atoms with Crippen molar-refractivity contribution in [3.63, 3.8) is 0 Å². The SMILES string of the molecule is Cc1cc(C(F)(F)F)cc(NNC(=O)c2ccc(Cc3cc4c(cc3C)C(C)(C)CCC4(C)C)o2)n1. The third-order valence-corrected chi connectivity index (χ3v) is 7.14. The number of amides is 1. The lowest BCUT2D eigenvalue weighted by atomic mass is 9.62. The second-order valence-corrected chi connectivity index (χ2v) is 11.0. The molecule has 1 aliphatic carbocycles. The van der Waals surface area contributed by atoms with Crippen LogP contribution in [0.1, 0.15) is 90.4 Å². The number of hydrogen-bond donors (Lipinski definition) is 2. The second kappa shape index (κ2) is 8.98. The Balaban J connectivity index is 1.49. The van der Waals surface area contributed by atoms with Crippen molar-refractivity contribution in [1.29, 1.82) is 0 Å². The van der Waals surface area contributed by atoms with E-state index in [0.717, 1.165) is 30.5 Å². The summed E-state index contributed by atoms with van der Waals surface area (Å²) in [5, 5.41) is 0. The summed E-state index contributed by atoms with van der Waals surface area (Å²) in [6.45, 7) is 12.7. The number of furan rings is 1. The van der Waals surface area contributed by atoms with Crippen LogP contribution in [-0.4, -0.2) is 10.9 Å². The lowest BCUT2D eigenvalue weighted by molar-refractivity contribution is -0.137. The molecule has 1 aromatic carbocycles. The van der Waals surface area contributed by atoms with Crippen LogP contribution in [0, 0.1) is 13.8 Å². The number of carbonyl (C=O) groups excluding carboxylic acids is 1. The van der Waals surface area contributed by atoms with Crippen LogP contribution in [0.3, 0.4) is 0 Å². The number of aryl methyl sites for hydroxylation is 2. The van der Waals surface area contributed by atoms with Crippen molar-refractivity contribution in [1.82, 2.24) is 10.4 Å². The molecule has 2 aromatic heterocycles. The Morgan fingerprint density at radius 3 is 2.28 bits per heavy atom. The molecule has 0 saturated carbocycles. The minimum Gasteiger partial charge on any atom is -0.456 e. The number of halogens is 3. The monoisotopic (exact) mass is 499 g/mol. The Morgan fingerprint density at radius 1 is 1.00 bits per heavy atom. The van der Waals surface area contributed by atoms with Gasteiger partial charge in [0.15, 0.2) is 5.76 Å². The largest absolute Gasteiger partial charge is 0.456 e. The minimum absolute atomic E-state index is 0.0540. The van der Waals surface area contributed by atoms with Gasteiger partial charge in [0.05, 0.1) is 5.56 Å². The van der Waals surface area contributed by atoms with Crippen molar-refractivity contribution in [3.8, 4) is 0 Å². The van der Waals surface area contributed by atoms with E-state index in [4.69, 9.17) is 4.42 Å². The first-order valence-electron chi connectivity index (χ1n) is 12.0. The number of carbonyl (C=O) groups is 1. The van der Waals surface area contributed by atoms with Crippen molar-refractivity contribution >= 4 is 11.7 Å². The number of benzene rings is 1. The summed E-state index contributed by atoms with van der Waals surface area (Å²) in [6.07, 6.45) is -1.71. The number of nitrogens with zero attached hydrogens (tertiary/aromatic N) is 1. The molecule has 2 N–H and O–H groups in total. The van der Waals surface area contributed by atoms with Crippen molar-refractivity contribution in [2.75, 3.05) is 5.43 Å². The molecule has 0 spiro atoms. The third kappa shape index (κ3) is 5.27. The summed E-state index contributed by atoms with van der Waals surface area (Å²) in [4.78, 5) is 16.5. The highest BCUT2D eigenvalue weighted by Crippen LogP contribution is 2.46. The van der Waals surface area contributed by atoms with Crippen LogP contribution in [0.2, 0.25) is 0 Å². The quantitative estimate of drug-likeness (QED) is 0.371. The van der Waals surface area contributed by atoms with Gasteiger partial charge in [-0.25, -0.2) is 4.98 Å². The molecule has 1 amide bonds. The smallest absolute Gasteiger partial charge is 0.416 e. The van der Waals surface area contributed by atoms with E-state index in [-0.39, 0.29) is 28.1 Å². The van der Waals surface area contributed by atoms with Gasteiger partial charge >= 0.3 is 12.1 Å². The zero-order chi connectivity index (χ0) is 26.5. The maximum absolute atomic E-state index is 13.0. The van der Waals surface area contributed by atoms with Crippen molar-refractivity contribution in [2.45, 2.75) is 77.8 Å². The zero-order valence-electron chi connectivity index (χ0n) is 21.5. The number of rotatable bonds is 5. The highest BCUT2D eigenvalue weighted by atomic mass is 19.4. The molecule has 192 valence electrons. The molecule has 36 heavy (non-hydrogen) atoms. The number of hydrazine groups is 1. The van der Waals surface area contributed by atoms with Crippen LogP contribution in [0.4, 0.5) is 19.0 Å². The predicted molar refractivity (Wildman–Crippen MR) is 133 cm³/mol. The third-order valence-electron chi connectivity index (χ3n) is 7.14. The van der Waals surface area contributed by atoms with Crippen molar-refractivity contribution in [2.24, 2.45) is 0 Å². The molecular formula is C28H32F3N3O2. The fraction of sp³-hybridized carbons (Fsp3) is 0.429. The number of alkyl halides is 3. The van der Waals surface area contributed by atoms with Gasteiger partial charge in [0.2, 0.25) is 0 Å². The van der Waals surface area contributed by atoms with Gasteiger partial charge in [-0.3, -0.25) is 15.6 Å². The highest BCUT2D eigenvalue weighted by Gasteiger charge is 2.37. The fourth-order valence-corrected chi connectivity index (χ4v) is 4.82. The standard InChI is InChI=1S/C28H32F3N3O2/c1-16-11-21-22(27(5,6)10-9-26(21,3)4)14-18(16)13-20-7-8-23(36-20)25(35)34-33-24-15-19(28(29,30)31)12-17(2)32-24/h7-8,11-12,14-15H,9-10,13H2,1-6H3,(H,32,33)(H,34,35). The molecule has 0 fully saturated rings. The van der Waals surface area contributed by atoms with E-state index in [1.54, 1.807) is 12.1 Å². The lowest BCUT2D eigenvalue weighted by Gasteiger charge is -2.42. The van der Waals surface area contributed by atoms with Crippen molar-refractivity contribution < 1.29 is 22.4 Å². The Hall–Kier alpha value is -3.29. The molecule has 5 nitrogen and oxygen atoms in total. The normalized spacial score (nSPS) is 16.4. The van der Waals surface area contributed by atoms with Crippen LogP contribution in [-0.2, 0) is 23.4 Å². The van der Waals surface area contributed by atoms with Crippen LogP contribution in [0.25, 0.3) is 0 Å². The van der Waals surface area contributed by atoms with Crippen LogP contribution in [0.15, 0.2) is 40.8 Å². The van der Waals surface area contributed by atoms with Crippen molar-refractivity contribution in [3.05, 3.63) is 81.4 Å². The van der Waals surface area contributed by atoms with Gasteiger partial charge in [-0.15, -0.1) is 0 Å². The van der Waals surface area contributed by atoms with E-state index < -0.39 is 17.6 Å². The zero-order valence-corrected chi connectivity index (χ0v) is 21.5. The van der Waals surface area contributed by atoms with Crippen LogP contribution >= 0.6 is 0 Å². The number of fused-ring (bicyclic) bond motifs is 1. The number of pyridine rings is 1. The number of anilines is 1. The first kappa shape index (κ1) is 25.8. The first-order chi connectivity index (χ1) is 16.7. The molecule has 0 radical (unpaired) electrons. The molecule has 0 unspecified atom stereocenters. The molecule has 1 aliphatic rings. The number of nitrogens with one attached hydrogen (secondary N) is 2. The number of hydrogen-bond acceptors (Lipinski definition) is 4. The van der Waals surface area contributed by atoms with Crippen LogP contribution < -0.4 is 10.9 Å². The predicted octanol–water partition coefficient (Wildman–Crippen LogP) is 7.01. The topological polar surface area (TPSA) is 67.2 Å². The van der Waals surface area contributed by atoms with Gasteiger partial charge in [0, 0.05) is 12.1 Å². The van der Waals surface area contributed by atoms with Gasteiger partial charge in [-0.2, -0.15) is 13.2 Å². The summed E-state index contributed by atoms with van der Waals surface area (Å²) < 4.78 is 44.9. The molecule has 0 atom stereocenters. The summed E-state index contributed by atoms with van der Waals surface area (Å²) >= 11 is 0. The van der Waals surface area contributed by atoms with Gasteiger partial charge < -0.3 is 4.42 Å². The second-order valence-electron chi connectivity index (χ2n) is 11.0. The molecule has 4 rings (SSSR count). The highest BCUT2D eigenvalue weighted by molar-refractivity contribution is 5.92. The molecule has 8 heteroatoms. The summed E-state index contributed by atoms with van der Waals surface area (Å²) in [7, 11) is 0. The van der Waals surface area contributed by atoms with E-state index in [2.05, 4.69) is 62.6 Å². The van der Waals surface area contributed by atoms with Gasteiger partial charge in [0.25, 0.3) is 0 Å². The van der Waals surface area contributed by atoms with Gasteiger partial charge in [-0.1, -0.05) is 39.8 Å². The first-order valence-corrected chi connectivity index (χ1v) is 12.0. The minimum atomic E-state index is -4.51. The maximum atomic E-state index is 13.0. The van der Waals surface area contributed by atoms with Gasteiger partial charge in [-0.05, 0) is 84.0 Å². The Kier molecular flexibility index (Phi) is 6.43. The maximum Gasteiger partial charge on any atom is 0.416 e. The fourth-order valence-electron chi connectivity index (χ4n) is 4.82. The average Bonchev–Trinajstić information content (AvgIpc) is 3.24. The Morgan fingerprint density at radius 2 is 1.64 bits per heavy atom.